The van der Waals surface area contributed by atoms with Crippen LogP contribution in [-0.2, 0) is 9.59 Å². The predicted molar refractivity (Wildman–Crippen MR) is 62.1 cm³/mol. The summed E-state index contributed by atoms with van der Waals surface area (Å²) < 4.78 is 0. The van der Waals surface area contributed by atoms with Crippen molar-refractivity contribution in [2.75, 3.05) is 0 Å². The van der Waals surface area contributed by atoms with Crippen LogP contribution in [0.15, 0.2) is 29.8 Å². The average molecular weight is 218 g/mol. The largest absolute Gasteiger partial charge is 0.481 e. The normalized spacial score (nSPS) is 11.2. The minimum atomic E-state index is -0.992. The fourth-order valence-electron chi connectivity index (χ4n) is 1.30. The van der Waals surface area contributed by atoms with Gasteiger partial charge in [0, 0.05) is 5.57 Å². The lowest BCUT2D eigenvalue weighted by Crippen LogP contribution is -2.04. The molecule has 0 aliphatic rings. The Hall–Kier alpha value is -1.90. The highest BCUT2D eigenvalue weighted by Gasteiger charge is 2.08. The Balaban J connectivity index is 2.97. The SMILES string of the molecule is CC(=O)/C(=C/c1ccc(C)cc1)CC(=O)O. The lowest BCUT2D eigenvalue weighted by Gasteiger charge is -2.01. The average Bonchev–Trinajstić information content (AvgIpc) is 2.19. The third-order valence-corrected chi connectivity index (χ3v) is 2.21. The number of benzene rings is 1. The van der Waals surface area contributed by atoms with Crippen molar-refractivity contribution >= 4 is 17.8 Å². The number of carboxylic acid groups (broad SMARTS) is 1. The first-order valence-electron chi connectivity index (χ1n) is 4.99. The molecule has 1 rings (SSSR count). The fourth-order valence-corrected chi connectivity index (χ4v) is 1.30. The van der Waals surface area contributed by atoms with Crippen molar-refractivity contribution in [2.24, 2.45) is 0 Å². The van der Waals surface area contributed by atoms with E-state index in [-0.39, 0.29) is 12.2 Å². The van der Waals surface area contributed by atoms with Gasteiger partial charge in [-0.1, -0.05) is 29.8 Å². The predicted octanol–water partition coefficient (Wildman–Crippen LogP) is 2.44. The first-order valence-corrected chi connectivity index (χ1v) is 4.99. The summed E-state index contributed by atoms with van der Waals surface area (Å²) in [5.74, 6) is -1.20. The van der Waals surface area contributed by atoms with E-state index in [1.54, 1.807) is 6.08 Å². The maximum atomic E-state index is 11.2. The Bertz CT molecular complexity index is 427. The second-order valence-electron chi connectivity index (χ2n) is 3.71. The van der Waals surface area contributed by atoms with Crippen LogP contribution in [-0.4, -0.2) is 16.9 Å². The van der Waals surface area contributed by atoms with Crippen molar-refractivity contribution in [1.82, 2.24) is 0 Å². The van der Waals surface area contributed by atoms with Crippen molar-refractivity contribution in [3.8, 4) is 0 Å². The molecule has 0 amide bonds. The molecule has 1 aromatic carbocycles. The number of aliphatic carboxylic acids is 1. The Morgan fingerprint density at radius 3 is 2.25 bits per heavy atom. The molecule has 0 saturated heterocycles. The number of carboxylic acids is 1. The Morgan fingerprint density at radius 1 is 1.25 bits per heavy atom. The number of ketones is 1. The summed E-state index contributed by atoms with van der Waals surface area (Å²) in [6.07, 6.45) is 1.39. The molecule has 0 spiro atoms. The molecule has 0 atom stereocenters. The molecule has 0 saturated carbocycles. The van der Waals surface area contributed by atoms with Gasteiger partial charge in [-0.2, -0.15) is 0 Å². The zero-order valence-electron chi connectivity index (χ0n) is 9.36. The van der Waals surface area contributed by atoms with Crippen molar-refractivity contribution in [3.63, 3.8) is 0 Å². The van der Waals surface area contributed by atoms with Crippen LogP contribution in [0, 0.1) is 6.92 Å². The molecular weight excluding hydrogens is 204 g/mol. The van der Waals surface area contributed by atoms with Gasteiger partial charge in [-0.25, -0.2) is 0 Å². The highest BCUT2D eigenvalue weighted by molar-refractivity contribution is 6.01. The summed E-state index contributed by atoms with van der Waals surface area (Å²) in [5.41, 5.74) is 2.29. The number of carbonyl (C=O) groups excluding carboxylic acids is 1. The third-order valence-electron chi connectivity index (χ3n) is 2.21. The van der Waals surface area contributed by atoms with Crippen LogP contribution < -0.4 is 0 Å². The Kier molecular flexibility index (Phi) is 4.00. The van der Waals surface area contributed by atoms with Gasteiger partial charge in [0.2, 0.25) is 0 Å². The zero-order valence-corrected chi connectivity index (χ0v) is 9.36. The molecule has 0 aliphatic heterocycles. The summed E-state index contributed by atoms with van der Waals surface area (Å²) >= 11 is 0. The van der Waals surface area contributed by atoms with Crippen LogP contribution >= 0.6 is 0 Å². The summed E-state index contributed by atoms with van der Waals surface area (Å²) in [7, 11) is 0. The van der Waals surface area contributed by atoms with Crippen LogP contribution in [0.5, 0.6) is 0 Å². The smallest absolute Gasteiger partial charge is 0.307 e. The van der Waals surface area contributed by atoms with Crippen LogP contribution in [0.2, 0.25) is 0 Å². The van der Waals surface area contributed by atoms with Gasteiger partial charge < -0.3 is 5.11 Å². The second kappa shape index (κ2) is 5.26. The molecule has 0 radical (unpaired) electrons. The number of aryl methyl sites for hydroxylation is 1. The molecule has 0 fully saturated rings. The molecule has 3 heteroatoms. The van der Waals surface area contributed by atoms with Crippen LogP contribution in [0.25, 0.3) is 6.08 Å². The van der Waals surface area contributed by atoms with E-state index in [9.17, 15) is 9.59 Å². The number of Topliss-reactive ketones (excluding diaryl/α,β-unsaturated/α-hetero) is 1. The zero-order chi connectivity index (χ0) is 12.1. The minimum absolute atomic E-state index is 0.206. The standard InChI is InChI=1S/C13H14O3/c1-9-3-5-11(6-4-9)7-12(10(2)14)8-13(15)16/h3-7H,8H2,1-2H3,(H,15,16)/b12-7+. The summed E-state index contributed by atoms with van der Waals surface area (Å²) in [5, 5.41) is 8.66. The first-order chi connectivity index (χ1) is 7.49. The molecule has 84 valence electrons. The number of rotatable bonds is 4. The van der Waals surface area contributed by atoms with Gasteiger partial charge in [0.15, 0.2) is 5.78 Å². The summed E-state index contributed by atoms with van der Waals surface area (Å²) in [6, 6.07) is 7.56. The number of hydrogen-bond acceptors (Lipinski definition) is 2. The highest BCUT2D eigenvalue weighted by atomic mass is 16.4. The molecule has 16 heavy (non-hydrogen) atoms. The van der Waals surface area contributed by atoms with E-state index in [4.69, 9.17) is 5.11 Å². The van der Waals surface area contributed by atoms with Crippen molar-refractivity contribution < 1.29 is 14.7 Å². The van der Waals surface area contributed by atoms with Gasteiger partial charge in [0.25, 0.3) is 0 Å². The van der Waals surface area contributed by atoms with Gasteiger partial charge in [-0.05, 0) is 25.5 Å². The van der Waals surface area contributed by atoms with E-state index >= 15 is 0 Å². The van der Waals surface area contributed by atoms with Crippen molar-refractivity contribution in [1.29, 1.82) is 0 Å². The molecule has 0 bridgehead atoms. The second-order valence-corrected chi connectivity index (χ2v) is 3.71. The molecule has 0 aliphatic carbocycles. The van der Waals surface area contributed by atoms with E-state index < -0.39 is 5.97 Å². The van der Waals surface area contributed by atoms with E-state index in [2.05, 4.69) is 0 Å². The highest BCUT2D eigenvalue weighted by Crippen LogP contribution is 2.12. The topological polar surface area (TPSA) is 54.4 Å². The molecule has 1 N–H and O–H groups in total. The van der Waals surface area contributed by atoms with Gasteiger partial charge in [0.05, 0.1) is 6.42 Å². The van der Waals surface area contributed by atoms with Gasteiger partial charge in [-0.3, -0.25) is 9.59 Å². The van der Waals surface area contributed by atoms with E-state index in [0.717, 1.165) is 11.1 Å². The molecule has 0 aromatic heterocycles. The molecular formula is C13H14O3. The Morgan fingerprint density at radius 2 is 1.81 bits per heavy atom. The van der Waals surface area contributed by atoms with Crippen LogP contribution in [0.3, 0.4) is 0 Å². The monoisotopic (exact) mass is 218 g/mol. The lowest BCUT2D eigenvalue weighted by atomic mass is 10.0. The van der Waals surface area contributed by atoms with Gasteiger partial charge in [0.1, 0.15) is 0 Å². The van der Waals surface area contributed by atoms with Crippen molar-refractivity contribution in [2.45, 2.75) is 20.3 Å². The first kappa shape index (κ1) is 12.2. The van der Waals surface area contributed by atoms with Gasteiger partial charge in [-0.15, -0.1) is 0 Å². The summed E-state index contributed by atoms with van der Waals surface area (Å²) in [6.45, 7) is 3.35. The molecule has 0 heterocycles. The van der Waals surface area contributed by atoms with Gasteiger partial charge >= 0.3 is 5.97 Å². The fraction of sp³-hybridized carbons (Fsp3) is 0.231. The van der Waals surface area contributed by atoms with E-state index in [1.807, 2.05) is 31.2 Å². The molecule has 0 unspecified atom stereocenters. The minimum Gasteiger partial charge on any atom is -0.481 e. The van der Waals surface area contributed by atoms with Crippen LogP contribution in [0.1, 0.15) is 24.5 Å². The van der Waals surface area contributed by atoms with E-state index in [0.29, 0.717) is 5.57 Å². The Labute approximate surface area is 94.4 Å². The third kappa shape index (κ3) is 3.69. The molecule has 1 aromatic rings. The maximum absolute atomic E-state index is 11.2. The molecule has 3 nitrogen and oxygen atoms in total. The number of carbonyl (C=O) groups is 2. The van der Waals surface area contributed by atoms with Crippen LogP contribution in [0.4, 0.5) is 0 Å². The quantitative estimate of drug-likeness (QED) is 0.790. The number of hydrogen-bond donors (Lipinski definition) is 1. The lowest BCUT2D eigenvalue weighted by molar-refractivity contribution is -0.136. The van der Waals surface area contributed by atoms with Crippen molar-refractivity contribution in [3.05, 3.63) is 41.0 Å². The van der Waals surface area contributed by atoms with E-state index in [1.165, 1.54) is 6.92 Å². The maximum Gasteiger partial charge on any atom is 0.307 e. The summed E-state index contributed by atoms with van der Waals surface area (Å²) in [4.78, 5) is 21.8.